The fraction of sp³-hybridized carbons (Fsp3) is 0.440. The first-order valence-corrected chi connectivity index (χ1v) is 11.9. The highest BCUT2D eigenvalue weighted by molar-refractivity contribution is 7.18. The first kappa shape index (κ1) is 27.5. The van der Waals surface area contributed by atoms with E-state index < -0.39 is 28.9 Å². The molecule has 36 heavy (non-hydrogen) atoms. The van der Waals surface area contributed by atoms with Gasteiger partial charge in [-0.3, -0.25) is 14.6 Å². The highest BCUT2D eigenvalue weighted by Crippen LogP contribution is 2.49. The fourth-order valence-corrected chi connectivity index (χ4v) is 4.49. The Hall–Kier alpha value is -3.13. The SMILES string of the molecule is COc1cc(C(=O)NC2(C)CC(C(F)(F)P)C2)c(NC(=O)c2c(OC)ccc(N=C(C)C)c2C)cn1. The van der Waals surface area contributed by atoms with Gasteiger partial charge >= 0.3 is 0 Å². The summed E-state index contributed by atoms with van der Waals surface area (Å²) >= 11 is 0. The summed E-state index contributed by atoms with van der Waals surface area (Å²) in [5, 5.41) is 5.56. The average Bonchev–Trinajstić information content (AvgIpc) is 2.77. The van der Waals surface area contributed by atoms with Crippen LogP contribution in [0.3, 0.4) is 0 Å². The number of ether oxygens (including phenoxy) is 2. The Balaban J connectivity index is 1.91. The molecule has 2 amide bonds. The second-order valence-electron chi connectivity index (χ2n) is 9.37. The predicted molar refractivity (Wildman–Crippen MR) is 138 cm³/mol. The minimum absolute atomic E-state index is 0.0905. The molecule has 0 spiro atoms. The lowest BCUT2D eigenvalue weighted by atomic mass is 9.69. The van der Waals surface area contributed by atoms with E-state index in [0.29, 0.717) is 17.0 Å². The van der Waals surface area contributed by atoms with E-state index in [1.54, 1.807) is 35.2 Å². The molecule has 11 heteroatoms. The van der Waals surface area contributed by atoms with Crippen LogP contribution in [-0.4, -0.2) is 47.9 Å². The minimum Gasteiger partial charge on any atom is -0.496 e. The topological polar surface area (TPSA) is 102 Å². The number of nitrogens with one attached hydrogen (secondary N) is 2. The van der Waals surface area contributed by atoms with E-state index in [0.717, 1.165) is 5.71 Å². The zero-order chi connectivity index (χ0) is 26.8. The molecule has 194 valence electrons. The van der Waals surface area contributed by atoms with Crippen LogP contribution in [0.1, 0.15) is 59.9 Å². The van der Waals surface area contributed by atoms with Crippen LogP contribution < -0.4 is 20.1 Å². The third-order valence-electron chi connectivity index (χ3n) is 6.12. The van der Waals surface area contributed by atoms with E-state index in [1.807, 2.05) is 13.8 Å². The molecule has 1 fully saturated rings. The van der Waals surface area contributed by atoms with E-state index in [2.05, 4.69) is 20.6 Å². The van der Waals surface area contributed by atoms with Gasteiger partial charge in [0.2, 0.25) is 5.88 Å². The summed E-state index contributed by atoms with van der Waals surface area (Å²) < 4.78 is 37.7. The Labute approximate surface area is 211 Å². The molecule has 0 saturated heterocycles. The van der Waals surface area contributed by atoms with Crippen molar-refractivity contribution in [2.45, 2.75) is 51.7 Å². The van der Waals surface area contributed by atoms with E-state index in [4.69, 9.17) is 9.47 Å². The quantitative estimate of drug-likeness (QED) is 0.371. The second kappa shape index (κ2) is 10.5. The van der Waals surface area contributed by atoms with Gasteiger partial charge in [0.1, 0.15) is 5.75 Å². The Bertz CT molecular complexity index is 1200. The molecule has 1 aliphatic carbocycles. The number of amides is 2. The Morgan fingerprint density at radius 2 is 1.86 bits per heavy atom. The molecule has 1 atom stereocenters. The molecule has 1 unspecified atom stereocenters. The van der Waals surface area contributed by atoms with Crippen molar-refractivity contribution < 1.29 is 27.8 Å². The summed E-state index contributed by atoms with van der Waals surface area (Å²) in [6.45, 7) is 7.17. The number of anilines is 1. The lowest BCUT2D eigenvalue weighted by Crippen LogP contribution is -2.58. The summed E-state index contributed by atoms with van der Waals surface area (Å²) in [5.41, 5.74) is -1.17. The number of rotatable bonds is 8. The molecular weight excluding hydrogens is 489 g/mol. The van der Waals surface area contributed by atoms with Gasteiger partial charge in [0, 0.05) is 23.2 Å². The van der Waals surface area contributed by atoms with Crippen LogP contribution in [0.4, 0.5) is 20.2 Å². The number of alkyl halides is 2. The molecular formula is C25H31F2N4O4P. The molecule has 0 aliphatic heterocycles. The number of benzene rings is 1. The molecule has 2 N–H and O–H groups in total. The Morgan fingerprint density at radius 1 is 1.19 bits per heavy atom. The van der Waals surface area contributed by atoms with Gasteiger partial charge in [-0.2, -0.15) is 0 Å². The first-order chi connectivity index (χ1) is 16.8. The highest BCUT2D eigenvalue weighted by Gasteiger charge is 2.51. The van der Waals surface area contributed by atoms with Gasteiger partial charge in [0.25, 0.3) is 17.5 Å². The summed E-state index contributed by atoms with van der Waals surface area (Å²) in [4.78, 5) is 35.2. The lowest BCUT2D eigenvalue weighted by Gasteiger charge is -2.47. The monoisotopic (exact) mass is 520 g/mol. The maximum absolute atomic E-state index is 13.6. The molecule has 1 aromatic heterocycles. The van der Waals surface area contributed by atoms with Gasteiger partial charge < -0.3 is 20.1 Å². The summed E-state index contributed by atoms with van der Waals surface area (Å²) in [7, 11) is 4.41. The molecule has 1 heterocycles. The Morgan fingerprint density at radius 3 is 2.42 bits per heavy atom. The van der Waals surface area contributed by atoms with Crippen LogP contribution in [0.25, 0.3) is 0 Å². The van der Waals surface area contributed by atoms with Crippen molar-refractivity contribution in [3.05, 3.63) is 41.1 Å². The first-order valence-electron chi connectivity index (χ1n) is 11.3. The second-order valence-corrected chi connectivity index (χ2v) is 10.1. The van der Waals surface area contributed by atoms with E-state index in [-0.39, 0.29) is 35.5 Å². The van der Waals surface area contributed by atoms with Crippen molar-refractivity contribution >= 4 is 38.1 Å². The largest absolute Gasteiger partial charge is 0.496 e. The van der Waals surface area contributed by atoms with Crippen LogP contribution in [0, 0.1) is 12.8 Å². The number of hydrogen-bond donors (Lipinski definition) is 2. The minimum atomic E-state index is -2.89. The molecule has 8 nitrogen and oxygen atoms in total. The number of halogens is 2. The van der Waals surface area contributed by atoms with Crippen LogP contribution >= 0.6 is 9.24 Å². The van der Waals surface area contributed by atoms with E-state index in [9.17, 15) is 18.4 Å². The van der Waals surface area contributed by atoms with Gasteiger partial charge in [-0.05, 0) is 58.2 Å². The summed E-state index contributed by atoms with van der Waals surface area (Å²) in [6, 6.07) is 4.80. The number of nitrogens with zero attached hydrogens (tertiary/aromatic N) is 2. The lowest BCUT2D eigenvalue weighted by molar-refractivity contribution is -0.0439. The number of pyridine rings is 1. The molecule has 1 aliphatic rings. The van der Waals surface area contributed by atoms with Crippen LogP contribution in [0.2, 0.25) is 0 Å². The summed E-state index contributed by atoms with van der Waals surface area (Å²) in [5.74, 6) is -1.39. The maximum atomic E-state index is 13.6. The number of aliphatic imine (C=N–C) groups is 1. The van der Waals surface area contributed by atoms with Crippen LogP contribution in [-0.2, 0) is 0 Å². The third-order valence-corrected chi connectivity index (χ3v) is 6.59. The number of carbonyl (C=O) groups is 2. The number of hydrogen-bond acceptors (Lipinski definition) is 6. The van der Waals surface area contributed by atoms with E-state index in [1.165, 1.54) is 26.5 Å². The maximum Gasteiger partial charge on any atom is 0.261 e. The van der Waals surface area contributed by atoms with Crippen molar-refractivity contribution in [3.8, 4) is 11.6 Å². The van der Waals surface area contributed by atoms with Gasteiger partial charge in [-0.15, -0.1) is 0 Å². The van der Waals surface area contributed by atoms with Crippen LogP contribution in [0.5, 0.6) is 11.6 Å². The van der Waals surface area contributed by atoms with Gasteiger partial charge in [-0.25, -0.2) is 13.8 Å². The molecule has 3 rings (SSSR count). The molecule has 0 bridgehead atoms. The van der Waals surface area contributed by atoms with E-state index >= 15 is 0 Å². The smallest absolute Gasteiger partial charge is 0.261 e. The van der Waals surface area contributed by atoms with Crippen molar-refractivity contribution in [1.29, 1.82) is 0 Å². The van der Waals surface area contributed by atoms with Crippen LogP contribution in [0.15, 0.2) is 29.4 Å². The van der Waals surface area contributed by atoms with Crippen molar-refractivity contribution in [2.24, 2.45) is 10.9 Å². The van der Waals surface area contributed by atoms with Gasteiger partial charge in [0.15, 0.2) is 0 Å². The Kier molecular flexibility index (Phi) is 7.98. The zero-order valence-electron chi connectivity index (χ0n) is 21.2. The third kappa shape index (κ3) is 5.98. The molecule has 1 saturated carbocycles. The normalized spacial score (nSPS) is 19.1. The predicted octanol–water partition coefficient (Wildman–Crippen LogP) is 5.14. The van der Waals surface area contributed by atoms with Crippen molar-refractivity contribution in [2.75, 3.05) is 19.5 Å². The molecule has 2 aromatic rings. The van der Waals surface area contributed by atoms with Gasteiger partial charge in [0.05, 0.1) is 42.9 Å². The summed E-state index contributed by atoms with van der Waals surface area (Å²) in [6.07, 6.45) is 1.56. The highest BCUT2D eigenvalue weighted by atomic mass is 31.0. The number of carbonyl (C=O) groups excluding carboxylic acids is 2. The van der Waals surface area contributed by atoms with Crippen molar-refractivity contribution in [3.63, 3.8) is 0 Å². The standard InChI is InChI=1S/C25H31F2N4O4P/c1-13(2)29-17-7-8-19(34-5)21(14(17)3)23(33)30-18-12-28-20(35-6)9-16(18)22(32)31-24(4)10-15(11-24)25(26,27)36/h7-9,12,15H,10-11,36H2,1-6H3,(H,30,33)(H,31,32). The zero-order valence-corrected chi connectivity index (χ0v) is 22.3. The number of methoxy groups -OCH3 is 2. The number of aromatic nitrogens is 1. The molecule has 1 aromatic carbocycles. The average molecular weight is 521 g/mol. The van der Waals surface area contributed by atoms with Gasteiger partial charge in [-0.1, -0.05) is 9.24 Å². The fourth-order valence-electron chi connectivity index (χ4n) is 4.25. The van der Waals surface area contributed by atoms with Crippen molar-refractivity contribution in [1.82, 2.24) is 10.3 Å². The molecule has 0 radical (unpaired) electrons.